The Labute approximate surface area is 185 Å². The van der Waals surface area contributed by atoms with Crippen molar-refractivity contribution in [3.63, 3.8) is 0 Å². The van der Waals surface area contributed by atoms with Gasteiger partial charge in [0, 0.05) is 23.3 Å². The Morgan fingerprint density at radius 2 is 1.90 bits per heavy atom. The molecule has 160 valence electrons. The number of amides is 2. The summed E-state index contributed by atoms with van der Waals surface area (Å²) in [7, 11) is 1.61. The van der Waals surface area contributed by atoms with E-state index in [4.69, 9.17) is 9.26 Å². The van der Waals surface area contributed by atoms with E-state index in [0.717, 1.165) is 27.3 Å². The van der Waals surface area contributed by atoms with Crippen molar-refractivity contribution < 1.29 is 14.1 Å². The highest BCUT2D eigenvalue weighted by atomic mass is 32.2. The van der Waals surface area contributed by atoms with Crippen molar-refractivity contribution in [3.05, 3.63) is 71.7 Å². The number of urea groups is 1. The first kappa shape index (κ1) is 21.1. The van der Waals surface area contributed by atoms with Crippen molar-refractivity contribution in [3.8, 4) is 11.4 Å². The molecule has 31 heavy (non-hydrogen) atoms. The summed E-state index contributed by atoms with van der Waals surface area (Å²) in [5.41, 5.74) is 3.37. The predicted octanol–water partition coefficient (Wildman–Crippen LogP) is 4.60. The van der Waals surface area contributed by atoms with Crippen molar-refractivity contribution in [1.29, 1.82) is 0 Å². The van der Waals surface area contributed by atoms with Gasteiger partial charge >= 0.3 is 6.03 Å². The Balaban J connectivity index is 1.78. The fourth-order valence-electron chi connectivity index (χ4n) is 3.59. The number of aromatic nitrogens is 2. The molecule has 2 heterocycles. The standard InChI is InChI=1S/C23H24N4O3S/c1-15-19(22-25-21(26-30-22)17-7-5-4-6-8-17)20(16-9-11-18(31-3)12-10-16)24-23(28)27(15)13-14-29-2/h4-12,20H,13-14H2,1-3H3,(H,24,28). The second-order valence-corrected chi connectivity index (χ2v) is 7.97. The number of nitrogens with zero attached hydrogens (tertiary/aromatic N) is 3. The van der Waals surface area contributed by atoms with Crippen molar-refractivity contribution in [1.82, 2.24) is 20.4 Å². The Morgan fingerprint density at radius 3 is 2.58 bits per heavy atom. The first-order valence-electron chi connectivity index (χ1n) is 9.93. The monoisotopic (exact) mass is 436 g/mol. The molecular formula is C23H24N4O3S. The predicted molar refractivity (Wildman–Crippen MR) is 120 cm³/mol. The zero-order valence-electron chi connectivity index (χ0n) is 17.7. The summed E-state index contributed by atoms with van der Waals surface area (Å²) in [5, 5.41) is 7.27. The smallest absolute Gasteiger partial charge is 0.322 e. The lowest BCUT2D eigenvalue weighted by Crippen LogP contribution is -2.47. The third-order valence-electron chi connectivity index (χ3n) is 5.25. The number of hydrogen-bond donors (Lipinski definition) is 1. The number of hydrogen-bond acceptors (Lipinski definition) is 6. The van der Waals surface area contributed by atoms with Crippen molar-refractivity contribution in [2.45, 2.75) is 17.9 Å². The maximum Gasteiger partial charge on any atom is 0.322 e. The third kappa shape index (κ3) is 4.35. The van der Waals surface area contributed by atoms with Crippen LogP contribution < -0.4 is 5.32 Å². The van der Waals surface area contributed by atoms with Gasteiger partial charge in [0.1, 0.15) is 0 Å². The summed E-state index contributed by atoms with van der Waals surface area (Å²) in [5.74, 6) is 0.894. The Hall–Kier alpha value is -3.10. The van der Waals surface area contributed by atoms with Crippen molar-refractivity contribution >= 4 is 23.4 Å². The summed E-state index contributed by atoms with van der Waals surface area (Å²) in [4.78, 5) is 20.3. The van der Waals surface area contributed by atoms with Crippen LogP contribution in [0.2, 0.25) is 0 Å². The van der Waals surface area contributed by atoms with Gasteiger partial charge in [-0.2, -0.15) is 4.98 Å². The molecule has 0 saturated carbocycles. The fraction of sp³-hybridized carbons (Fsp3) is 0.261. The van der Waals surface area contributed by atoms with Crippen molar-refractivity contribution in [2.24, 2.45) is 0 Å². The molecule has 2 aromatic carbocycles. The molecule has 4 rings (SSSR count). The van der Waals surface area contributed by atoms with Crippen LogP contribution in [0.25, 0.3) is 17.0 Å². The van der Waals surface area contributed by atoms with E-state index in [2.05, 4.69) is 15.5 Å². The summed E-state index contributed by atoms with van der Waals surface area (Å²) >= 11 is 1.67. The van der Waals surface area contributed by atoms with Gasteiger partial charge in [-0.25, -0.2) is 4.79 Å². The van der Waals surface area contributed by atoms with Crippen molar-refractivity contribution in [2.75, 3.05) is 26.5 Å². The topological polar surface area (TPSA) is 80.5 Å². The summed E-state index contributed by atoms with van der Waals surface area (Å²) < 4.78 is 10.9. The minimum Gasteiger partial charge on any atom is -0.383 e. The lowest BCUT2D eigenvalue weighted by atomic mass is 9.94. The molecule has 1 aromatic heterocycles. The number of carbonyl (C=O) groups excluding carboxylic acids is 1. The lowest BCUT2D eigenvalue weighted by Gasteiger charge is -2.35. The normalized spacial score (nSPS) is 16.5. The molecule has 1 aliphatic rings. The van der Waals surface area contributed by atoms with Gasteiger partial charge in [0.25, 0.3) is 5.89 Å². The van der Waals surface area contributed by atoms with E-state index in [1.807, 2.05) is 67.8 Å². The van der Waals surface area contributed by atoms with Crippen LogP contribution >= 0.6 is 11.8 Å². The maximum absolute atomic E-state index is 12.9. The quantitative estimate of drug-likeness (QED) is 0.545. The number of allylic oxidation sites excluding steroid dienone is 1. The number of thioether (sulfide) groups is 1. The molecule has 8 heteroatoms. The molecular weight excluding hydrogens is 412 g/mol. The van der Waals surface area contributed by atoms with Gasteiger partial charge in [-0.1, -0.05) is 47.6 Å². The Morgan fingerprint density at radius 1 is 1.16 bits per heavy atom. The van der Waals surface area contributed by atoms with Crippen LogP contribution in [0, 0.1) is 0 Å². The van der Waals surface area contributed by atoms with E-state index >= 15 is 0 Å². The van der Waals surface area contributed by atoms with E-state index in [0.29, 0.717) is 24.9 Å². The van der Waals surface area contributed by atoms with E-state index in [9.17, 15) is 4.79 Å². The second kappa shape index (κ2) is 9.36. The second-order valence-electron chi connectivity index (χ2n) is 7.09. The molecule has 0 spiro atoms. The first-order chi connectivity index (χ1) is 15.1. The highest BCUT2D eigenvalue weighted by molar-refractivity contribution is 7.98. The number of ether oxygens (including phenoxy) is 1. The average molecular weight is 437 g/mol. The molecule has 3 aromatic rings. The number of benzene rings is 2. The van der Waals surface area contributed by atoms with Gasteiger partial charge in [-0.05, 0) is 30.9 Å². The third-order valence-corrected chi connectivity index (χ3v) is 6.00. The van der Waals surface area contributed by atoms with E-state index in [1.165, 1.54) is 0 Å². The van der Waals surface area contributed by atoms with Gasteiger partial charge in [0.15, 0.2) is 0 Å². The SMILES string of the molecule is COCCN1C(=O)NC(c2ccc(SC)cc2)C(c2nc(-c3ccccc3)no2)=C1C. The fourth-order valence-corrected chi connectivity index (χ4v) is 4.00. The number of nitrogens with one attached hydrogen (secondary N) is 1. The largest absolute Gasteiger partial charge is 0.383 e. The summed E-state index contributed by atoms with van der Waals surface area (Å²) in [6.45, 7) is 2.75. The zero-order chi connectivity index (χ0) is 21.8. The average Bonchev–Trinajstić information content (AvgIpc) is 3.29. The molecule has 7 nitrogen and oxygen atoms in total. The first-order valence-corrected chi connectivity index (χ1v) is 11.2. The van der Waals surface area contributed by atoms with Crippen LogP contribution in [0.15, 0.2) is 69.7 Å². The zero-order valence-corrected chi connectivity index (χ0v) is 18.5. The minimum absolute atomic E-state index is 0.181. The number of rotatable bonds is 7. The number of methoxy groups -OCH3 is 1. The van der Waals surface area contributed by atoms with E-state index in [1.54, 1.807) is 23.8 Å². The molecule has 0 fully saturated rings. The van der Waals surface area contributed by atoms with Crippen LogP contribution in [0.4, 0.5) is 4.79 Å². The summed E-state index contributed by atoms with van der Waals surface area (Å²) in [6.07, 6.45) is 2.03. The number of carbonyl (C=O) groups is 1. The molecule has 0 radical (unpaired) electrons. The minimum atomic E-state index is -0.397. The summed E-state index contributed by atoms with van der Waals surface area (Å²) in [6, 6.07) is 17.2. The van der Waals surface area contributed by atoms with Gasteiger partial charge in [-0.3, -0.25) is 4.90 Å². The van der Waals surface area contributed by atoms with Crippen LogP contribution in [0.3, 0.4) is 0 Å². The van der Waals surface area contributed by atoms with Crippen LogP contribution in [0.1, 0.15) is 24.4 Å². The Kier molecular flexibility index (Phi) is 6.39. The molecule has 0 saturated heterocycles. The van der Waals surface area contributed by atoms with Crippen LogP contribution in [0.5, 0.6) is 0 Å². The maximum atomic E-state index is 12.9. The highest BCUT2D eigenvalue weighted by Crippen LogP contribution is 2.37. The molecule has 1 atom stereocenters. The van der Waals surface area contributed by atoms with E-state index in [-0.39, 0.29) is 6.03 Å². The molecule has 1 unspecified atom stereocenters. The molecule has 1 aliphatic heterocycles. The molecule has 0 aliphatic carbocycles. The van der Waals surface area contributed by atoms with Gasteiger partial charge < -0.3 is 14.6 Å². The lowest BCUT2D eigenvalue weighted by molar-refractivity contribution is 0.158. The van der Waals surface area contributed by atoms with Crippen LogP contribution in [-0.2, 0) is 4.74 Å². The molecule has 2 amide bonds. The van der Waals surface area contributed by atoms with E-state index < -0.39 is 6.04 Å². The Bertz CT molecular complexity index is 1080. The molecule has 1 N–H and O–H groups in total. The molecule has 0 bridgehead atoms. The van der Waals surface area contributed by atoms with Gasteiger partial charge in [0.2, 0.25) is 5.82 Å². The van der Waals surface area contributed by atoms with Gasteiger partial charge in [-0.15, -0.1) is 11.8 Å². The van der Waals surface area contributed by atoms with Crippen LogP contribution in [-0.4, -0.2) is 47.6 Å². The highest BCUT2D eigenvalue weighted by Gasteiger charge is 2.35. The van der Waals surface area contributed by atoms with Gasteiger partial charge in [0.05, 0.1) is 24.8 Å².